The maximum absolute atomic E-state index is 11.1. The standard InChI is InChI=1S/C18H23NO3.C2H6/c1-11(2)12(3)13(4)16-9-8-15(10-17(16)22-7)19(6)14(5)18(20)21;1-2/h8-10,14H,1,3-4H2,2,5-7H3,(H,20,21);1-2H3. The molecule has 1 rings (SSSR count). The van der Waals surface area contributed by atoms with E-state index >= 15 is 0 Å². The summed E-state index contributed by atoms with van der Waals surface area (Å²) in [6, 6.07) is 4.86. The average Bonchev–Trinajstić information content (AvgIpc) is 2.59. The number of carbonyl (C=O) groups is 1. The van der Waals surface area contributed by atoms with Gasteiger partial charge in [-0.1, -0.05) is 39.2 Å². The van der Waals surface area contributed by atoms with Crippen molar-refractivity contribution in [2.24, 2.45) is 0 Å². The first-order valence-electron chi connectivity index (χ1n) is 7.88. The van der Waals surface area contributed by atoms with Crippen LogP contribution in [0, 0.1) is 0 Å². The van der Waals surface area contributed by atoms with E-state index in [0.717, 1.165) is 28.0 Å². The lowest BCUT2D eigenvalue weighted by molar-refractivity contribution is -0.138. The van der Waals surface area contributed by atoms with Crippen molar-refractivity contribution in [1.29, 1.82) is 0 Å². The lowest BCUT2D eigenvalue weighted by atomic mass is 9.95. The van der Waals surface area contributed by atoms with E-state index in [4.69, 9.17) is 9.84 Å². The second-order valence-corrected chi connectivity index (χ2v) is 5.25. The highest BCUT2D eigenvalue weighted by Crippen LogP contribution is 2.34. The van der Waals surface area contributed by atoms with Gasteiger partial charge in [0, 0.05) is 24.4 Å². The first-order valence-corrected chi connectivity index (χ1v) is 7.88. The maximum atomic E-state index is 11.1. The zero-order valence-electron chi connectivity index (χ0n) is 15.6. The highest BCUT2D eigenvalue weighted by Gasteiger charge is 2.19. The van der Waals surface area contributed by atoms with Gasteiger partial charge in [-0.2, -0.15) is 0 Å². The first kappa shape index (κ1) is 21.5. The van der Waals surface area contributed by atoms with Gasteiger partial charge >= 0.3 is 5.97 Å². The number of allylic oxidation sites excluding steroid dienone is 3. The van der Waals surface area contributed by atoms with Gasteiger partial charge in [-0.25, -0.2) is 4.79 Å². The molecule has 1 aromatic rings. The first-order chi connectivity index (χ1) is 11.2. The molecule has 132 valence electrons. The van der Waals surface area contributed by atoms with Crippen LogP contribution in [0.4, 0.5) is 5.69 Å². The third kappa shape index (κ3) is 5.01. The summed E-state index contributed by atoms with van der Waals surface area (Å²) < 4.78 is 5.42. The SMILES string of the molecule is C=C(C)C(=C)C(=C)c1ccc(N(C)C(C)C(=O)O)cc1OC.CC. The van der Waals surface area contributed by atoms with Gasteiger partial charge in [-0.3, -0.25) is 0 Å². The molecule has 0 aliphatic carbocycles. The molecular weight excluding hydrogens is 302 g/mol. The number of anilines is 1. The lowest BCUT2D eigenvalue weighted by Crippen LogP contribution is -2.35. The molecule has 0 spiro atoms. The molecule has 0 heterocycles. The molecule has 0 saturated heterocycles. The molecule has 0 amide bonds. The van der Waals surface area contributed by atoms with Crippen molar-refractivity contribution in [1.82, 2.24) is 0 Å². The van der Waals surface area contributed by atoms with Crippen molar-refractivity contribution in [2.75, 3.05) is 19.1 Å². The Kier molecular flexibility index (Phi) is 8.61. The zero-order chi connectivity index (χ0) is 19.0. The van der Waals surface area contributed by atoms with Crippen LogP contribution >= 0.6 is 0 Å². The number of rotatable bonds is 7. The fourth-order valence-electron chi connectivity index (χ4n) is 1.96. The van der Waals surface area contributed by atoms with Crippen molar-refractivity contribution >= 4 is 17.2 Å². The molecule has 1 unspecified atom stereocenters. The summed E-state index contributed by atoms with van der Waals surface area (Å²) in [5.41, 5.74) is 3.91. The molecule has 4 heteroatoms. The number of ether oxygens (including phenoxy) is 1. The predicted molar refractivity (Wildman–Crippen MR) is 103 cm³/mol. The quantitative estimate of drug-likeness (QED) is 0.731. The number of hydrogen-bond acceptors (Lipinski definition) is 3. The van der Waals surface area contributed by atoms with Crippen LogP contribution in [0.1, 0.15) is 33.3 Å². The Morgan fingerprint density at radius 2 is 1.79 bits per heavy atom. The molecule has 0 fully saturated rings. The van der Waals surface area contributed by atoms with Gasteiger partial charge in [0.1, 0.15) is 11.8 Å². The maximum Gasteiger partial charge on any atom is 0.326 e. The summed E-state index contributed by atoms with van der Waals surface area (Å²) in [5.74, 6) is -0.264. The predicted octanol–water partition coefficient (Wildman–Crippen LogP) is 4.78. The van der Waals surface area contributed by atoms with Crippen molar-refractivity contribution in [3.63, 3.8) is 0 Å². The van der Waals surface area contributed by atoms with Crippen LogP contribution in [0.15, 0.2) is 49.1 Å². The van der Waals surface area contributed by atoms with Crippen LogP contribution in [0.25, 0.3) is 5.57 Å². The molecule has 1 aromatic carbocycles. The molecule has 0 aliphatic heterocycles. The van der Waals surface area contributed by atoms with Crippen molar-refractivity contribution in [3.8, 4) is 5.75 Å². The Bertz CT molecular complexity index is 632. The molecule has 0 aliphatic rings. The summed E-state index contributed by atoms with van der Waals surface area (Å²) in [7, 11) is 3.30. The summed E-state index contributed by atoms with van der Waals surface area (Å²) in [4.78, 5) is 12.8. The molecule has 24 heavy (non-hydrogen) atoms. The minimum absolute atomic E-state index is 0.620. The second kappa shape index (κ2) is 9.60. The summed E-state index contributed by atoms with van der Waals surface area (Å²) >= 11 is 0. The minimum Gasteiger partial charge on any atom is -0.496 e. The van der Waals surface area contributed by atoms with Crippen LogP contribution in [-0.4, -0.2) is 31.3 Å². The van der Waals surface area contributed by atoms with E-state index < -0.39 is 12.0 Å². The van der Waals surface area contributed by atoms with E-state index in [9.17, 15) is 4.79 Å². The molecular formula is C20H29NO3. The highest BCUT2D eigenvalue weighted by atomic mass is 16.5. The Morgan fingerprint density at radius 3 is 2.21 bits per heavy atom. The summed E-state index contributed by atoms with van der Waals surface area (Å²) in [6.07, 6.45) is 0. The van der Waals surface area contributed by atoms with Crippen molar-refractivity contribution < 1.29 is 14.6 Å². The van der Waals surface area contributed by atoms with E-state index in [2.05, 4.69) is 19.7 Å². The number of methoxy groups -OCH3 is 1. The van der Waals surface area contributed by atoms with Gasteiger partial charge in [0.25, 0.3) is 0 Å². The van der Waals surface area contributed by atoms with E-state index in [-0.39, 0.29) is 0 Å². The average molecular weight is 331 g/mol. The third-order valence-electron chi connectivity index (χ3n) is 3.74. The number of hydrogen-bond donors (Lipinski definition) is 1. The summed E-state index contributed by atoms with van der Waals surface area (Å²) in [5, 5.41) is 9.11. The molecule has 0 bridgehead atoms. The Labute approximate surface area is 145 Å². The topological polar surface area (TPSA) is 49.8 Å². The number of carboxylic acids is 1. The van der Waals surface area contributed by atoms with Crippen LogP contribution in [0.5, 0.6) is 5.75 Å². The highest BCUT2D eigenvalue weighted by molar-refractivity contribution is 5.85. The second-order valence-electron chi connectivity index (χ2n) is 5.25. The van der Waals surface area contributed by atoms with Gasteiger partial charge in [0.05, 0.1) is 7.11 Å². The Morgan fingerprint density at radius 1 is 1.25 bits per heavy atom. The Balaban J connectivity index is 0.00000254. The number of benzene rings is 1. The number of aliphatic carboxylic acids is 1. The van der Waals surface area contributed by atoms with Crippen LogP contribution in [-0.2, 0) is 4.79 Å². The molecule has 1 N–H and O–H groups in total. The van der Waals surface area contributed by atoms with E-state index in [1.165, 1.54) is 0 Å². The number of nitrogens with zero attached hydrogens (tertiary/aromatic N) is 1. The van der Waals surface area contributed by atoms with Gasteiger partial charge in [0.2, 0.25) is 0 Å². The van der Waals surface area contributed by atoms with Gasteiger partial charge in [0.15, 0.2) is 0 Å². The van der Waals surface area contributed by atoms with E-state index in [1.54, 1.807) is 32.0 Å². The minimum atomic E-state index is -0.884. The van der Waals surface area contributed by atoms with Crippen molar-refractivity contribution in [3.05, 3.63) is 54.6 Å². The van der Waals surface area contributed by atoms with E-state index in [1.807, 2.05) is 32.9 Å². The Hall–Kier alpha value is -2.49. The zero-order valence-corrected chi connectivity index (χ0v) is 15.6. The largest absolute Gasteiger partial charge is 0.496 e. The van der Waals surface area contributed by atoms with Gasteiger partial charge in [-0.05, 0) is 37.1 Å². The monoisotopic (exact) mass is 331 g/mol. The molecule has 1 atom stereocenters. The normalized spacial score (nSPS) is 10.8. The molecule has 0 radical (unpaired) electrons. The molecule has 0 saturated carbocycles. The lowest BCUT2D eigenvalue weighted by Gasteiger charge is -2.25. The van der Waals surface area contributed by atoms with Crippen LogP contribution in [0.3, 0.4) is 0 Å². The fraction of sp³-hybridized carbons (Fsp3) is 0.350. The third-order valence-corrected chi connectivity index (χ3v) is 3.74. The van der Waals surface area contributed by atoms with E-state index in [0.29, 0.717) is 5.75 Å². The number of likely N-dealkylation sites (N-methyl/N-ethyl adjacent to an activating group) is 1. The van der Waals surface area contributed by atoms with Crippen LogP contribution in [0.2, 0.25) is 0 Å². The number of carboxylic acid groups (broad SMARTS) is 1. The van der Waals surface area contributed by atoms with Crippen molar-refractivity contribution in [2.45, 2.75) is 33.7 Å². The summed E-state index contributed by atoms with van der Waals surface area (Å²) in [6.45, 7) is 19.4. The van der Waals surface area contributed by atoms with Gasteiger partial charge < -0.3 is 14.7 Å². The molecule has 4 nitrogen and oxygen atoms in total. The fourth-order valence-corrected chi connectivity index (χ4v) is 1.96. The van der Waals surface area contributed by atoms with Crippen LogP contribution < -0.4 is 9.64 Å². The molecule has 0 aromatic heterocycles. The van der Waals surface area contributed by atoms with Gasteiger partial charge in [-0.15, -0.1) is 0 Å². The smallest absolute Gasteiger partial charge is 0.326 e.